The summed E-state index contributed by atoms with van der Waals surface area (Å²) in [7, 11) is 1.74. The number of hydrogen-bond acceptors (Lipinski definition) is 4. The predicted molar refractivity (Wildman–Crippen MR) is 85.2 cm³/mol. The molecule has 0 saturated heterocycles. The number of nitro groups is 1. The second-order valence-electron chi connectivity index (χ2n) is 4.88. The van der Waals surface area contributed by atoms with Crippen LogP contribution in [0.4, 0.5) is 15.8 Å². The second-order valence-corrected chi connectivity index (χ2v) is 4.88. The van der Waals surface area contributed by atoms with Gasteiger partial charge in [-0.1, -0.05) is 0 Å². The Morgan fingerprint density at radius 1 is 1.22 bits per heavy atom. The van der Waals surface area contributed by atoms with Crippen LogP contribution >= 0.6 is 0 Å². The zero-order valence-corrected chi connectivity index (χ0v) is 12.2. The van der Waals surface area contributed by atoms with Crippen LogP contribution in [0.15, 0.2) is 55.0 Å². The third-order valence-corrected chi connectivity index (χ3v) is 3.46. The van der Waals surface area contributed by atoms with Crippen molar-refractivity contribution in [3.63, 3.8) is 0 Å². The maximum atomic E-state index is 13.0. The lowest BCUT2D eigenvalue weighted by Gasteiger charge is -2.09. The molecule has 2 aromatic carbocycles. The van der Waals surface area contributed by atoms with Gasteiger partial charge in [0.05, 0.1) is 28.3 Å². The van der Waals surface area contributed by atoms with E-state index in [0.717, 1.165) is 11.3 Å². The lowest BCUT2D eigenvalue weighted by Crippen LogP contribution is -2.00. The predicted octanol–water partition coefficient (Wildman–Crippen LogP) is 3.63. The summed E-state index contributed by atoms with van der Waals surface area (Å²) in [5.74, 6) is -0.315. The van der Waals surface area contributed by atoms with E-state index in [9.17, 15) is 14.5 Å². The first-order valence-electron chi connectivity index (χ1n) is 6.85. The molecule has 0 aliphatic heterocycles. The third kappa shape index (κ3) is 2.89. The summed E-state index contributed by atoms with van der Waals surface area (Å²) in [6.45, 7) is 0. The molecule has 1 aromatic heterocycles. The van der Waals surface area contributed by atoms with Gasteiger partial charge in [-0.3, -0.25) is 10.1 Å². The Morgan fingerprint density at radius 3 is 2.61 bits per heavy atom. The van der Waals surface area contributed by atoms with Crippen molar-refractivity contribution >= 4 is 11.4 Å². The van der Waals surface area contributed by atoms with Gasteiger partial charge in [-0.15, -0.1) is 0 Å². The molecule has 0 aliphatic rings. The Balaban J connectivity index is 2.04. The van der Waals surface area contributed by atoms with Crippen molar-refractivity contribution in [2.75, 3.05) is 12.4 Å². The van der Waals surface area contributed by atoms with Crippen LogP contribution < -0.4 is 5.32 Å². The molecule has 0 spiro atoms. The van der Waals surface area contributed by atoms with Crippen molar-refractivity contribution in [2.45, 2.75) is 0 Å². The first-order chi connectivity index (χ1) is 11.1. The minimum absolute atomic E-state index is 0.00367. The van der Waals surface area contributed by atoms with Crippen molar-refractivity contribution in [1.82, 2.24) is 9.55 Å². The normalized spacial score (nSPS) is 10.5. The average Bonchev–Trinajstić information content (AvgIpc) is 3.04. The molecule has 3 aromatic rings. The lowest BCUT2D eigenvalue weighted by molar-refractivity contribution is -0.384. The molecule has 7 heteroatoms. The van der Waals surface area contributed by atoms with E-state index in [0.29, 0.717) is 11.4 Å². The summed E-state index contributed by atoms with van der Waals surface area (Å²) in [4.78, 5) is 14.8. The maximum absolute atomic E-state index is 13.0. The zero-order valence-electron chi connectivity index (χ0n) is 12.2. The Labute approximate surface area is 131 Å². The molecule has 1 heterocycles. The fourth-order valence-corrected chi connectivity index (χ4v) is 2.28. The van der Waals surface area contributed by atoms with E-state index < -0.39 is 4.92 Å². The van der Waals surface area contributed by atoms with Crippen LogP contribution in [0, 0.1) is 15.9 Å². The monoisotopic (exact) mass is 312 g/mol. The molecule has 3 rings (SSSR count). The van der Waals surface area contributed by atoms with E-state index in [2.05, 4.69) is 10.3 Å². The number of benzene rings is 2. The first-order valence-corrected chi connectivity index (χ1v) is 6.85. The number of non-ortho nitro benzene ring substituents is 1. The van der Waals surface area contributed by atoms with Crippen LogP contribution in [0.2, 0.25) is 0 Å². The van der Waals surface area contributed by atoms with Crippen LogP contribution in [0.3, 0.4) is 0 Å². The molecule has 0 aliphatic carbocycles. The van der Waals surface area contributed by atoms with Crippen LogP contribution in [0.5, 0.6) is 0 Å². The summed E-state index contributed by atoms with van der Waals surface area (Å²) in [5.41, 5.74) is 2.76. The molecule has 0 radical (unpaired) electrons. The number of imidazole rings is 1. The van der Waals surface area contributed by atoms with Crippen molar-refractivity contribution in [1.29, 1.82) is 0 Å². The van der Waals surface area contributed by atoms with E-state index in [1.54, 1.807) is 42.3 Å². The van der Waals surface area contributed by atoms with Crippen molar-refractivity contribution < 1.29 is 9.31 Å². The molecule has 1 N–H and O–H groups in total. The van der Waals surface area contributed by atoms with Gasteiger partial charge >= 0.3 is 0 Å². The van der Waals surface area contributed by atoms with Gasteiger partial charge in [0.1, 0.15) is 5.82 Å². The first kappa shape index (κ1) is 14.7. The van der Waals surface area contributed by atoms with E-state index >= 15 is 0 Å². The number of aromatic nitrogens is 2. The highest BCUT2D eigenvalue weighted by atomic mass is 19.1. The number of anilines is 1. The largest absolute Gasteiger partial charge is 0.386 e. The third-order valence-electron chi connectivity index (χ3n) is 3.46. The van der Waals surface area contributed by atoms with Crippen LogP contribution in [0.25, 0.3) is 16.9 Å². The van der Waals surface area contributed by atoms with Gasteiger partial charge in [-0.25, -0.2) is 9.37 Å². The van der Waals surface area contributed by atoms with Gasteiger partial charge in [0, 0.05) is 30.9 Å². The van der Waals surface area contributed by atoms with Gasteiger partial charge in [0.2, 0.25) is 0 Å². The Bertz CT molecular complexity index is 859. The fraction of sp³-hybridized carbons (Fsp3) is 0.0625. The summed E-state index contributed by atoms with van der Waals surface area (Å²) in [5, 5.41) is 14.0. The summed E-state index contributed by atoms with van der Waals surface area (Å²) in [6.07, 6.45) is 3.31. The topological polar surface area (TPSA) is 73.0 Å². The average molecular weight is 312 g/mol. The summed E-state index contributed by atoms with van der Waals surface area (Å²) in [6, 6.07) is 10.5. The smallest absolute Gasteiger partial charge is 0.271 e. The highest BCUT2D eigenvalue weighted by molar-refractivity contribution is 5.66. The molecule has 0 saturated carbocycles. The van der Waals surface area contributed by atoms with Crippen LogP contribution in [-0.4, -0.2) is 21.5 Å². The Kier molecular flexibility index (Phi) is 3.76. The Morgan fingerprint density at radius 2 is 1.96 bits per heavy atom. The van der Waals surface area contributed by atoms with Gasteiger partial charge in [-0.2, -0.15) is 0 Å². The zero-order chi connectivity index (χ0) is 16.4. The van der Waals surface area contributed by atoms with Crippen molar-refractivity contribution in [2.24, 2.45) is 0 Å². The molecule has 0 amide bonds. The molecule has 6 nitrogen and oxygen atoms in total. The number of halogens is 1. The number of nitrogens with one attached hydrogen (secondary N) is 1. The maximum Gasteiger partial charge on any atom is 0.271 e. The second kappa shape index (κ2) is 5.88. The molecule has 0 bridgehead atoms. The summed E-state index contributed by atoms with van der Waals surface area (Å²) < 4.78 is 14.7. The number of nitrogens with zero attached hydrogens (tertiary/aromatic N) is 3. The minimum atomic E-state index is -0.444. The lowest BCUT2D eigenvalue weighted by atomic mass is 10.2. The van der Waals surface area contributed by atoms with Crippen LogP contribution in [-0.2, 0) is 0 Å². The van der Waals surface area contributed by atoms with Crippen molar-refractivity contribution in [3.8, 4) is 16.9 Å². The molecular weight excluding hydrogens is 299 g/mol. The van der Waals surface area contributed by atoms with E-state index in [-0.39, 0.29) is 11.5 Å². The van der Waals surface area contributed by atoms with Crippen molar-refractivity contribution in [3.05, 3.63) is 70.9 Å². The molecular formula is C16H13FN4O2. The highest BCUT2D eigenvalue weighted by Crippen LogP contribution is 2.27. The SMILES string of the molecule is CNc1ccc([N+](=O)[O-])cc1-n1cnc(-c2ccc(F)cc2)c1. The van der Waals surface area contributed by atoms with E-state index in [4.69, 9.17) is 0 Å². The molecule has 116 valence electrons. The number of hydrogen-bond donors (Lipinski definition) is 1. The van der Waals surface area contributed by atoms with E-state index in [1.165, 1.54) is 24.3 Å². The standard InChI is InChI=1S/C16H13FN4O2/c1-18-14-7-6-13(21(22)23)8-16(14)20-9-15(19-10-20)11-2-4-12(17)5-3-11/h2-10,18H,1H3. The van der Waals surface area contributed by atoms with E-state index in [1.807, 2.05) is 0 Å². The minimum Gasteiger partial charge on any atom is -0.386 e. The van der Waals surface area contributed by atoms with Gasteiger partial charge < -0.3 is 9.88 Å². The Hall–Kier alpha value is -3.22. The molecule has 23 heavy (non-hydrogen) atoms. The quantitative estimate of drug-likeness (QED) is 0.590. The molecule has 0 atom stereocenters. The van der Waals surface area contributed by atoms with Gasteiger partial charge in [-0.05, 0) is 30.3 Å². The highest BCUT2D eigenvalue weighted by Gasteiger charge is 2.13. The van der Waals surface area contributed by atoms with Crippen LogP contribution in [0.1, 0.15) is 0 Å². The number of rotatable bonds is 4. The molecule has 0 unspecified atom stereocenters. The fourth-order valence-electron chi connectivity index (χ4n) is 2.28. The van der Waals surface area contributed by atoms with Gasteiger partial charge in [0.15, 0.2) is 0 Å². The van der Waals surface area contributed by atoms with Gasteiger partial charge in [0.25, 0.3) is 5.69 Å². The summed E-state index contributed by atoms with van der Waals surface area (Å²) >= 11 is 0. The molecule has 0 fully saturated rings. The number of nitro benzene ring substituents is 1.